The van der Waals surface area contributed by atoms with Gasteiger partial charge in [-0.25, -0.2) is 8.42 Å². The Balaban J connectivity index is 1.78. The summed E-state index contributed by atoms with van der Waals surface area (Å²) in [5.74, 6) is -0.984. The van der Waals surface area contributed by atoms with Crippen LogP contribution < -0.4 is 17.2 Å². The maximum atomic E-state index is 13.4. The molecule has 9 N–H and O–H groups in total. The fourth-order valence-electron chi connectivity index (χ4n) is 5.45. The highest BCUT2D eigenvalue weighted by Crippen LogP contribution is 2.54. The summed E-state index contributed by atoms with van der Waals surface area (Å²) in [6.07, 6.45) is 0. The van der Waals surface area contributed by atoms with Crippen LogP contribution in [0.25, 0.3) is 21.9 Å². The van der Waals surface area contributed by atoms with Crippen LogP contribution in [-0.2, 0) is 30.1 Å². The second-order valence-electron chi connectivity index (χ2n) is 11.3. The van der Waals surface area contributed by atoms with E-state index in [2.05, 4.69) is 20.5 Å². The minimum atomic E-state index is -5.46. The number of anilines is 3. The molecule has 0 aromatic heterocycles. The van der Waals surface area contributed by atoms with Gasteiger partial charge in [0.05, 0.1) is 26.6 Å². The quantitative estimate of drug-likeness (QED) is 0.0486. The number of aromatic hydroxyl groups is 1. The SMILES string of the molecule is Nc1ccc(N=Nc2c(S(=O)(=O)O)cc(N)c3c(O)c(N=Nc4ccccc4)c(S(=O)(=O)O)c(-c4ccc(S(=O)(=O)c5ccccc5)cc4)c23)c(N)c1. The predicted octanol–water partition coefficient (Wildman–Crippen LogP) is 7.12. The fourth-order valence-corrected chi connectivity index (χ4v) is 8.25. The molecule has 0 saturated heterocycles. The summed E-state index contributed by atoms with van der Waals surface area (Å²) in [4.78, 5) is -2.34. The number of benzene rings is 6. The van der Waals surface area contributed by atoms with Gasteiger partial charge in [0.1, 0.15) is 26.9 Å². The summed E-state index contributed by atoms with van der Waals surface area (Å²) in [7, 11) is -14.8. The molecular weight excluding hydrogens is 747 g/mol. The molecule has 0 unspecified atom stereocenters. The molecule has 0 radical (unpaired) electrons. The molecule has 16 nitrogen and oxygen atoms in total. The molecule has 53 heavy (non-hydrogen) atoms. The number of phenolic OH excluding ortho intramolecular Hbond substituents is 1. The lowest BCUT2D eigenvalue weighted by Gasteiger charge is -2.20. The molecular formula is C34H27N7O9S3. The normalized spacial score (nSPS) is 12.6. The average molecular weight is 774 g/mol. The van der Waals surface area contributed by atoms with Gasteiger partial charge in [-0.3, -0.25) is 9.11 Å². The van der Waals surface area contributed by atoms with Crippen LogP contribution in [0.2, 0.25) is 0 Å². The third kappa shape index (κ3) is 7.14. The Morgan fingerprint density at radius 1 is 0.547 bits per heavy atom. The molecule has 0 saturated carbocycles. The Hall–Kier alpha value is -6.25. The minimum absolute atomic E-state index is 0.00225. The van der Waals surface area contributed by atoms with Gasteiger partial charge in [-0.1, -0.05) is 48.5 Å². The van der Waals surface area contributed by atoms with Gasteiger partial charge in [0.2, 0.25) is 9.84 Å². The van der Waals surface area contributed by atoms with Crippen molar-refractivity contribution in [3.63, 3.8) is 0 Å². The number of azo groups is 2. The maximum Gasteiger partial charge on any atom is 0.297 e. The summed E-state index contributed by atoms with van der Waals surface area (Å²) >= 11 is 0. The van der Waals surface area contributed by atoms with Gasteiger partial charge in [-0.2, -0.15) is 21.9 Å². The van der Waals surface area contributed by atoms with Gasteiger partial charge < -0.3 is 22.3 Å². The smallest absolute Gasteiger partial charge is 0.297 e. The highest BCUT2D eigenvalue weighted by molar-refractivity contribution is 7.91. The van der Waals surface area contributed by atoms with Gasteiger partial charge in [0, 0.05) is 22.3 Å². The zero-order valence-corrected chi connectivity index (χ0v) is 29.4. The first-order chi connectivity index (χ1) is 25.0. The molecule has 0 spiro atoms. The number of nitrogens with two attached hydrogens (primary N) is 3. The Labute approximate surface area is 302 Å². The standard InChI is InChI=1S/C34H27N7O9S3/c35-20-13-16-26(24(36)17-20)39-40-31-27(52(45,46)47)18-25(37)29-30(31)28(19-11-14-23(15-12-19)51(43,44)22-9-5-2-6-10-22)34(53(48,49)50)32(33(29)42)41-38-21-7-3-1-4-8-21/h1-18,42H,35-37H2,(H,45,46,47)(H,48,49,50). The minimum Gasteiger partial charge on any atom is -0.505 e. The van der Waals surface area contributed by atoms with Crippen LogP contribution in [0.4, 0.5) is 39.8 Å². The van der Waals surface area contributed by atoms with Gasteiger partial charge in [0.25, 0.3) is 20.2 Å². The van der Waals surface area contributed by atoms with Crippen LogP contribution in [0.3, 0.4) is 0 Å². The summed E-state index contributed by atoms with van der Waals surface area (Å²) in [6, 6.07) is 24.8. The maximum absolute atomic E-state index is 13.4. The van der Waals surface area contributed by atoms with E-state index >= 15 is 0 Å². The highest BCUT2D eigenvalue weighted by atomic mass is 32.2. The lowest BCUT2D eigenvalue weighted by molar-refractivity contribution is 0.472. The molecule has 0 heterocycles. The van der Waals surface area contributed by atoms with E-state index in [-0.39, 0.29) is 38.1 Å². The zero-order valence-electron chi connectivity index (χ0n) is 26.9. The van der Waals surface area contributed by atoms with Crippen molar-refractivity contribution in [2.75, 3.05) is 17.2 Å². The Bertz CT molecular complexity index is 2820. The number of nitrogens with zero attached hydrogens (tertiary/aromatic N) is 4. The molecule has 270 valence electrons. The van der Waals surface area contributed by atoms with E-state index in [0.717, 1.165) is 18.2 Å². The van der Waals surface area contributed by atoms with Crippen molar-refractivity contribution in [2.24, 2.45) is 20.5 Å². The second-order valence-corrected chi connectivity index (χ2v) is 16.0. The van der Waals surface area contributed by atoms with Crippen LogP contribution in [0, 0.1) is 0 Å². The van der Waals surface area contributed by atoms with Crippen LogP contribution in [-0.4, -0.2) is 39.5 Å². The van der Waals surface area contributed by atoms with Gasteiger partial charge in [-0.15, -0.1) is 15.3 Å². The summed E-state index contributed by atoms with van der Waals surface area (Å²) < 4.78 is 100. The van der Waals surface area contributed by atoms with E-state index in [4.69, 9.17) is 17.2 Å². The van der Waals surface area contributed by atoms with Crippen molar-refractivity contribution in [2.45, 2.75) is 19.6 Å². The van der Waals surface area contributed by atoms with Crippen molar-refractivity contribution >= 4 is 80.7 Å². The summed E-state index contributed by atoms with van der Waals surface area (Å²) in [5, 5.41) is 26.7. The van der Waals surface area contributed by atoms with E-state index in [1.165, 1.54) is 66.7 Å². The van der Waals surface area contributed by atoms with E-state index in [1.807, 2.05) is 0 Å². The molecule has 6 aromatic carbocycles. The van der Waals surface area contributed by atoms with Crippen LogP contribution in [0.5, 0.6) is 5.75 Å². The number of phenols is 1. The molecule has 6 aromatic rings. The largest absolute Gasteiger partial charge is 0.505 e. The van der Waals surface area contributed by atoms with E-state index in [9.17, 15) is 39.5 Å². The number of hydrogen-bond acceptors (Lipinski definition) is 14. The molecule has 0 aliphatic rings. The first-order valence-corrected chi connectivity index (χ1v) is 19.4. The van der Waals surface area contributed by atoms with E-state index in [0.29, 0.717) is 0 Å². The molecule has 0 fully saturated rings. The molecule has 0 atom stereocenters. The monoisotopic (exact) mass is 773 g/mol. The number of hydrogen-bond donors (Lipinski definition) is 6. The van der Waals surface area contributed by atoms with Gasteiger partial charge >= 0.3 is 0 Å². The van der Waals surface area contributed by atoms with Crippen LogP contribution in [0.15, 0.2) is 149 Å². The molecule has 6 rings (SSSR count). The topological polar surface area (TPSA) is 291 Å². The molecule has 0 aliphatic carbocycles. The van der Waals surface area contributed by atoms with Crippen molar-refractivity contribution in [3.8, 4) is 16.9 Å². The van der Waals surface area contributed by atoms with Gasteiger partial charge in [-0.05, 0) is 66.2 Å². The lowest BCUT2D eigenvalue weighted by atomic mass is 9.94. The number of fused-ring (bicyclic) bond motifs is 1. The van der Waals surface area contributed by atoms with E-state index < -0.39 is 79.0 Å². The molecule has 0 amide bonds. The summed E-state index contributed by atoms with van der Waals surface area (Å²) in [5.41, 5.74) is 15.7. The predicted molar refractivity (Wildman–Crippen MR) is 197 cm³/mol. The Morgan fingerprint density at radius 3 is 1.72 bits per heavy atom. The number of rotatable bonds is 9. The lowest BCUT2D eigenvalue weighted by Crippen LogP contribution is -2.06. The van der Waals surface area contributed by atoms with Crippen LogP contribution in [0.1, 0.15) is 0 Å². The van der Waals surface area contributed by atoms with Crippen molar-refractivity contribution < 1.29 is 39.5 Å². The average Bonchev–Trinajstić information content (AvgIpc) is 3.11. The summed E-state index contributed by atoms with van der Waals surface area (Å²) in [6.45, 7) is 0. The first kappa shape index (κ1) is 36.5. The molecule has 19 heteroatoms. The number of sulfone groups is 1. The number of nitrogen functional groups attached to an aromatic ring is 3. The third-order valence-corrected chi connectivity index (χ3v) is 11.4. The zero-order chi connectivity index (χ0) is 38.3. The Kier molecular flexibility index (Phi) is 9.45. The first-order valence-electron chi connectivity index (χ1n) is 15.0. The molecule has 0 bridgehead atoms. The Morgan fingerprint density at radius 2 is 1.13 bits per heavy atom. The van der Waals surface area contributed by atoms with E-state index in [1.54, 1.807) is 24.3 Å². The highest BCUT2D eigenvalue weighted by Gasteiger charge is 2.34. The van der Waals surface area contributed by atoms with Crippen molar-refractivity contribution in [3.05, 3.63) is 109 Å². The molecule has 0 aliphatic heterocycles. The van der Waals surface area contributed by atoms with Crippen molar-refractivity contribution in [1.29, 1.82) is 0 Å². The third-order valence-electron chi connectivity index (χ3n) is 7.82. The van der Waals surface area contributed by atoms with Crippen molar-refractivity contribution in [1.82, 2.24) is 0 Å². The van der Waals surface area contributed by atoms with Crippen LogP contribution >= 0.6 is 0 Å². The second kappa shape index (κ2) is 13.7. The van der Waals surface area contributed by atoms with Gasteiger partial charge in [0.15, 0.2) is 5.75 Å². The fraction of sp³-hybridized carbons (Fsp3) is 0.